The largest absolute Gasteiger partial charge is 0.380 e. The summed E-state index contributed by atoms with van der Waals surface area (Å²) < 4.78 is 5.10. The fraction of sp³-hybridized carbons (Fsp3) is 0.304. The minimum absolute atomic E-state index is 0.0558. The lowest BCUT2D eigenvalue weighted by atomic mass is 9.68. The van der Waals surface area contributed by atoms with Crippen molar-refractivity contribution in [3.63, 3.8) is 0 Å². The lowest BCUT2D eigenvalue weighted by molar-refractivity contribution is -0.247. The highest BCUT2D eigenvalue weighted by Gasteiger charge is 2.81. The molecular weight excluding hydrogens is 420 g/mol. The molecular formula is C23H22O9. The molecule has 0 aromatic heterocycles. The van der Waals surface area contributed by atoms with Crippen LogP contribution < -0.4 is 0 Å². The molecule has 1 fully saturated rings. The third-order valence-corrected chi connectivity index (χ3v) is 5.72. The van der Waals surface area contributed by atoms with Crippen molar-refractivity contribution in [2.75, 3.05) is 0 Å². The van der Waals surface area contributed by atoms with Gasteiger partial charge in [-0.05, 0) is 12.5 Å². The lowest BCUT2D eigenvalue weighted by Gasteiger charge is -2.39. The summed E-state index contributed by atoms with van der Waals surface area (Å²) in [6.07, 6.45) is -4.44. The molecule has 9 nitrogen and oxygen atoms in total. The second kappa shape index (κ2) is 8.12. The molecule has 168 valence electrons. The number of rotatable bonds is 7. The zero-order chi connectivity index (χ0) is 23.9. The molecule has 0 saturated carbocycles. The topological polar surface area (TPSA) is 158 Å². The van der Waals surface area contributed by atoms with Crippen molar-refractivity contribution < 1.29 is 44.3 Å². The van der Waals surface area contributed by atoms with Crippen molar-refractivity contribution >= 4 is 23.1 Å². The fourth-order valence-electron chi connectivity index (χ4n) is 3.93. The summed E-state index contributed by atoms with van der Waals surface area (Å²) in [5.41, 5.74) is -7.17. The first-order valence-corrected chi connectivity index (χ1v) is 9.66. The molecule has 0 aliphatic carbocycles. The van der Waals surface area contributed by atoms with Crippen LogP contribution in [0.5, 0.6) is 0 Å². The van der Waals surface area contributed by atoms with E-state index in [0.717, 1.165) is 13.8 Å². The van der Waals surface area contributed by atoms with Gasteiger partial charge < -0.3 is 25.2 Å². The summed E-state index contributed by atoms with van der Waals surface area (Å²) in [4.78, 5) is 51.3. The molecule has 0 bridgehead atoms. The predicted molar refractivity (Wildman–Crippen MR) is 108 cm³/mol. The molecule has 1 aliphatic heterocycles. The van der Waals surface area contributed by atoms with Crippen LogP contribution in [0.2, 0.25) is 0 Å². The SMILES string of the molecule is CC(=O)[C@]1(O)[C@](O)(C(C)=O)O[C@H](C(=O)C(O)c2ccccc2)[C@@]1(O)C(=O)c1ccccc1. The summed E-state index contributed by atoms with van der Waals surface area (Å²) >= 11 is 0. The zero-order valence-electron chi connectivity index (χ0n) is 17.3. The van der Waals surface area contributed by atoms with Gasteiger partial charge >= 0.3 is 0 Å². The molecule has 2 aromatic carbocycles. The van der Waals surface area contributed by atoms with E-state index in [1.165, 1.54) is 48.5 Å². The minimum Gasteiger partial charge on any atom is -0.380 e. The van der Waals surface area contributed by atoms with E-state index in [2.05, 4.69) is 0 Å². The normalized spacial score (nSPS) is 30.5. The first kappa shape index (κ1) is 23.6. The van der Waals surface area contributed by atoms with Gasteiger partial charge in [0.2, 0.25) is 17.0 Å². The highest BCUT2D eigenvalue weighted by Crippen LogP contribution is 2.49. The van der Waals surface area contributed by atoms with Crippen LogP contribution in [-0.4, -0.2) is 66.7 Å². The smallest absolute Gasteiger partial charge is 0.267 e. The van der Waals surface area contributed by atoms with Crippen LogP contribution in [0.4, 0.5) is 0 Å². The van der Waals surface area contributed by atoms with Gasteiger partial charge in [-0.15, -0.1) is 0 Å². The Morgan fingerprint density at radius 1 is 0.844 bits per heavy atom. The van der Waals surface area contributed by atoms with Crippen LogP contribution in [-0.2, 0) is 19.1 Å². The van der Waals surface area contributed by atoms with Gasteiger partial charge in [0.25, 0.3) is 5.79 Å². The van der Waals surface area contributed by atoms with Gasteiger partial charge in [0.15, 0.2) is 23.5 Å². The molecule has 4 N–H and O–H groups in total. The Bertz CT molecular complexity index is 1070. The molecule has 1 unspecified atom stereocenters. The number of carbonyl (C=O) groups is 4. The highest BCUT2D eigenvalue weighted by atomic mass is 16.7. The van der Waals surface area contributed by atoms with E-state index in [0.29, 0.717) is 0 Å². The maximum absolute atomic E-state index is 13.4. The first-order valence-electron chi connectivity index (χ1n) is 9.66. The molecule has 2 aromatic rings. The van der Waals surface area contributed by atoms with Crippen LogP contribution in [0, 0.1) is 0 Å². The van der Waals surface area contributed by atoms with Crippen LogP contribution >= 0.6 is 0 Å². The van der Waals surface area contributed by atoms with Gasteiger partial charge in [-0.2, -0.15) is 0 Å². The molecule has 3 rings (SSSR count). The second-order valence-electron chi connectivity index (χ2n) is 7.64. The van der Waals surface area contributed by atoms with Crippen LogP contribution in [0.3, 0.4) is 0 Å². The zero-order valence-corrected chi connectivity index (χ0v) is 17.3. The van der Waals surface area contributed by atoms with Gasteiger partial charge in [0.1, 0.15) is 6.10 Å². The average Bonchev–Trinajstić information content (AvgIpc) is 2.99. The Labute approximate surface area is 182 Å². The second-order valence-corrected chi connectivity index (χ2v) is 7.64. The number of hydrogen-bond donors (Lipinski definition) is 4. The van der Waals surface area contributed by atoms with Gasteiger partial charge in [-0.3, -0.25) is 19.2 Å². The van der Waals surface area contributed by atoms with Crippen molar-refractivity contribution in [3.05, 3.63) is 71.8 Å². The van der Waals surface area contributed by atoms with Crippen molar-refractivity contribution in [2.24, 2.45) is 0 Å². The van der Waals surface area contributed by atoms with E-state index < -0.39 is 52.3 Å². The number of benzene rings is 2. The molecule has 1 aliphatic rings. The van der Waals surface area contributed by atoms with Gasteiger partial charge in [0.05, 0.1) is 0 Å². The molecule has 5 atom stereocenters. The van der Waals surface area contributed by atoms with Crippen molar-refractivity contribution in [1.82, 2.24) is 0 Å². The number of Topliss-reactive ketones (excluding diaryl/α,β-unsaturated/α-hetero) is 4. The Kier molecular flexibility index (Phi) is 5.98. The molecule has 1 saturated heterocycles. The Hall–Kier alpha value is -3.08. The number of aliphatic hydroxyl groups is 4. The number of ether oxygens (including phenoxy) is 1. The van der Waals surface area contributed by atoms with Crippen LogP contribution in [0.25, 0.3) is 0 Å². The van der Waals surface area contributed by atoms with E-state index in [-0.39, 0.29) is 11.1 Å². The molecule has 1 heterocycles. The van der Waals surface area contributed by atoms with Gasteiger partial charge in [-0.25, -0.2) is 0 Å². The number of hydrogen-bond acceptors (Lipinski definition) is 9. The van der Waals surface area contributed by atoms with E-state index in [9.17, 15) is 39.6 Å². The summed E-state index contributed by atoms with van der Waals surface area (Å²) in [7, 11) is 0. The summed E-state index contributed by atoms with van der Waals surface area (Å²) in [5, 5.41) is 44.2. The van der Waals surface area contributed by atoms with E-state index in [1.54, 1.807) is 12.1 Å². The molecule has 9 heteroatoms. The van der Waals surface area contributed by atoms with Crippen molar-refractivity contribution in [2.45, 2.75) is 43.0 Å². The van der Waals surface area contributed by atoms with Crippen LogP contribution in [0.1, 0.15) is 35.9 Å². The number of ketones is 4. The highest BCUT2D eigenvalue weighted by molar-refractivity contribution is 6.14. The van der Waals surface area contributed by atoms with E-state index >= 15 is 0 Å². The average molecular weight is 442 g/mol. The van der Waals surface area contributed by atoms with Gasteiger partial charge in [0, 0.05) is 12.5 Å². The Morgan fingerprint density at radius 2 is 1.34 bits per heavy atom. The molecule has 32 heavy (non-hydrogen) atoms. The maximum atomic E-state index is 13.4. The standard InChI is InChI=1S/C23H22O9/c1-13(24)22(30)21(29,19(28)16-11-7-4-8-12-16)20(32-23(22,31)14(2)25)18(27)17(26)15-9-5-3-6-10-15/h3-12,17,20,26,29-31H,1-2H3/t17?,20-,21+,22-,23+/m1/s1. The van der Waals surface area contributed by atoms with E-state index in [4.69, 9.17) is 4.74 Å². The van der Waals surface area contributed by atoms with E-state index in [1.807, 2.05) is 0 Å². The molecule has 0 amide bonds. The summed E-state index contributed by atoms with van der Waals surface area (Å²) in [6.45, 7) is 1.47. The third-order valence-electron chi connectivity index (χ3n) is 5.72. The fourth-order valence-corrected chi connectivity index (χ4v) is 3.93. The first-order chi connectivity index (χ1) is 14.9. The molecule has 0 spiro atoms. The van der Waals surface area contributed by atoms with Crippen molar-refractivity contribution in [3.8, 4) is 0 Å². The Balaban J connectivity index is 2.24. The van der Waals surface area contributed by atoms with Crippen molar-refractivity contribution in [1.29, 1.82) is 0 Å². The Morgan fingerprint density at radius 3 is 1.81 bits per heavy atom. The predicted octanol–water partition coefficient (Wildman–Crippen LogP) is -0.100. The lowest BCUT2D eigenvalue weighted by Crippen LogP contribution is -2.73. The van der Waals surface area contributed by atoms with Gasteiger partial charge in [-0.1, -0.05) is 60.7 Å². The number of aliphatic hydroxyl groups excluding tert-OH is 1. The molecule has 0 radical (unpaired) electrons. The monoisotopic (exact) mass is 442 g/mol. The quantitative estimate of drug-likeness (QED) is 0.430. The third kappa shape index (κ3) is 3.14. The van der Waals surface area contributed by atoms with Crippen LogP contribution in [0.15, 0.2) is 60.7 Å². The maximum Gasteiger partial charge on any atom is 0.267 e. The number of carbonyl (C=O) groups excluding carboxylic acids is 4. The summed E-state index contributed by atoms with van der Waals surface area (Å²) in [5.74, 6) is -8.87. The minimum atomic E-state index is -3.55. The summed E-state index contributed by atoms with van der Waals surface area (Å²) in [6, 6.07) is 14.3.